The highest BCUT2D eigenvalue weighted by Crippen LogP contribution is 2.25. The van der Waals surface area contributed by atoms with E-state index in [1.165, 1.54) is 23.1 Å². The van der Waals surface area contributed by atoms with E-state index in [2.05, 4.69) is 32.4 Å². The van der Waals surface area contributed by atoms with Crippen LogP contribution in [0.15, 0.2) is 77.8 Å². The molecule has 2 N–H and O–H groups in total. The van der Waals surface area contributed by atoms with Crippen LogP contribution < -0.4 is 10.6 Å². The number of carbonyl (C=O) groups is 2. The number of nitrogens with one attached hydrogen (secondary N) is 2. The van der Waals surface area contributed by atoms with Crippen LogP contribution in [0.3, 0.4) is 0 Å². The Hall–Kier alpha value is -3.76. The quantitative estimate of drug-likeness (QED) is 0.223. The Morgan fingerprint density at radius 3 is 2.72 bits per heavy atom. The number of amides is 2. The van der Waals surface area contributed by atoms with E-state index in [4.69, 9.17) is 0 Å². The van der Waals surface area contributed by atoms with Crippen LogP contribution in [0.4, 0.5) is 5.13 Å². The molecule has 0 aliphatic rings. The maximum Gasteiger partial charge on any atom is 0.251 e. The zero-order valence-electron chi connectivity index (χ0n) is 20.0. The van der Waals surface area contributed by atoms with Crippen molar-refractivity contribution < 1.29 is 9.59 Å². The van der Waals surface area contributed by atoms with E-state index in [0.29, 0.717) is 28.2 Å². The van der Waals surface area contributed by atoms with E-state index in [-0.39, 0.29) is 23.6 Å². The summed E-state index contributed by atoms with van der Waals surface area (Å²) in [4.78, 5) is 29.8. The molecule has 0 saturated carbocycles. The van der Waals surface area contributed by atoms with Crippen molar-refractivity contribution in [1.82, 2.24) is 25.1 Å². The summed E-state index contributed by atoms with van der Waals surface area (Å²) in [7, 11) is 0. The molecule has 0 spiro atoms. The molecule has 2 heterocycles. The second-order valence-corrected chi connectivity index (χ2v) is 9.85. The predicted octanol–water partition coefficient (Wildman–Crippen LogP) is 5.12. The lowest BCUT2D eigenvalue weighted by Crippen LogP contribution is -2.28. The van der Waals surface area contributed by atoms with Crippen molar-refractivity contribution in [2.45, 2.75) is 31.6 Å². The van der Waals surface area contributed by atoms with Crippen LogP contribution in [0.2, 0.25) is 0 Å². The highest BCUT2D eigenvalue weighted by molar-refractivity contribution is 7.99. The van der Waals surface area contributed by atoms with Crippen LogP contribution in [0.25, 0.3) is 11.3 Å². The molecule has 4 aromatic rings. The third-order valence-electron chi connectivity index (χ3n) is 5.22. The van der Waals surface area contributed by atoms with Gasteiger partial charge < -0.3 is 15.2 Å². The molecule has 0 aliphatic carbocycles. The van der Waals surface area contributed by atoms with Gasteiger partial charge in [-0.15, -0.1) is 28.1 Å². The number of aryl methyl sites for hydroxylation is 1. The van der Waals surface area contributed by atoms with Gasteiger partial charge in [-0.1, -0.05) is 65.9 Å². The van der Waals surface area contributed by atoms with E-state index < -0.39 is 0 Å². The Labute approximate surface area is 217 Å². The van der Waals surface area contributed by atoms with Gasteiger partial charge in [-0.3, -0.25) is 9.59 Å². The fourth-order valence-corrected chi connectivity index (χ4v) is 5.01. The molecule has 10 heteroatoms. The van der Waals surface area contributed by atoms with Gasteiger partial charge in [-0.25, -0.2) is 4.98 Å². The first kappa shape index (κ1) is 25.3. The second kappa shape index (κ2) is 11.8. The zero-order chi connectivity index (χ0) is 25.5. The molecule has 2 aromatic heterocycles. The minimum absolute atomic E-state index is 0.138. The maximum atomic E-state index is 12.7. The lowest BCUT2D eigenvalue weighted by Gasteiger charge is -2.15. The van der Waals surface area contributed by atoms with Gasteiger partial charge in [-0.05, 0) is 26.0 Å². The molecule has 0 fully saturated rings. The number of hydrogen-bond donors (Lipinski definition) is 2. The Morgan fingerprint density at radius 1 is 1.17 bits per heavy atom. The molecular formula is C26H26N6O2S2. The minimum Gasteiger partial charge on any atom is -0.342 e. The Balaban J connectivity index is 1.38. The first-order valence-electron chi connectivity index (χ1n) is 11.3. The van der Waals surface area contributed by atoms with Gasteiger partial charge >= 0.3 is 0 Å². The number of thiazole rings is 1. The zero-order valence-corrected chi connectivity index (χ0v) is 21.6. The molecule has 0 aliphatic heterocycles. The minimum atomic E-state index is -0.389. The average molecular weight is 519 g/mol. The molecule has 0 bridgehead atoms. The normalized spacial score (nSPS) is 11.6. The van der Waals surface area contributed by atoms with Crippen molar-refractivity contribution in [3.8, 4) is 11.3 Å². The van der Waals surface area contributed by atoms with E-state index >= 15 is 0 Å². The third-order valence-corrected chi connectivity index (χ3v) is 6.95. The second-order valence-electron chi connectivity index (χ2n) is 8.05. The van der Waals surface area contributed by atoms with Crippen LogP contribution in [-0.2, 0) is 11.3 Å². The smallest absolute Gasteiger partial charge is 0.251 e. The summed E-state index contributed by atoms with van der Waals surface area (Å²) >= 11 is 2.65. The van der Waals surface area contributed by atoms with Gasteiger partial charge in [-0.2, -0.15) is 0 Å². The summed E-state index contributed by atoms with van der Waals surface area (Å²) in [5, 5.41) is 17.4. The van der Waals surface area contributed by atoms with Gasteiger partial charge in [0.15, 0.2) is 16.1 Å². The molecule has 0 radical (unpaired) electrons. The van der Waals surface area contributed by atoms with Crippen molar-refractivity contribution >= 4 is 40.0 Å². The van der Waals surface area contributed by atoms with Crippen molar-refractivity contribution in [3.05, 3.63) is 89.6 Å². The van der Waals surface area contributed by atoms with Gasteiger partial charge in [0.1, 0.15) is 0 Å². The summed E-state index contributed by atoms with van der Waals surface area (Å²) in [6.45, 7) is 8.06. The van der Waals surface area contributed by atoms with Crippen molar-refractivity contribution in [1.29, 1.82) is 0 Å². The summed E-state index contributed by atoms with van der Waals surface area (Å²) in [6.07, 6.45) is 1.73. The SMILES string of the molecule is C=CCn1c(SCC(=O)Nc2nc(-c3ccccc3)cs2)nnc1[C@@H](C)NC(=O)c1cccc(C)c1. The predicted molar refractivity (Wildman–Crippen MR) is 144 cm³/mol. The third kappa shape index (κ3) is 6.27. The van der Waals surface area contributed by atoms with Crippen LogP contribution >= 0.6 is 23.1 Å². The number of carbonyl (C=O) groups excluding carboxylic acids is 2. The summed E-state index contributed by atoms with van der Waals surface area (Å²) in [6, 6.07) is 16.8. The number of aromatic nitrogens is 4. The average Bonchev–Trinajstić information content (AvgIpc) is 3.51. The molecule has 2 aromatic carbocycles. The fraction of sp³-hybridized carbons (Fsp3) is 0.192. The largest absolute Gasteiger partial charge is 0.342 e. The number of rotatable bonds is 10. The molecule has 36 heavy (non-hydrogen) atoms. The molecule has 2 amide bonds. The van der Waals surface area contributed by atoms with Gasteiger partial charge in [0, 0.05) is 23.1 Å². The topological polar surface area (TPSA) is 102 Å². The number of allylic oxidation sites excluding steroid dienone is 1. The number of anilines is 1. The molecule has 184 valence electrons. The van der Waals surface area contributed by atoms with E-state index in [9.17, 15) is 9.59 Å². The van der Waals surface area contributed by atoms with Crippen molar-refractivity contribution in [3.63, 3.8) is 0 Å². The Morgan fingerprint density at radius 2 is 1.97 bits per heavy atom. The molecular weight excluding hydrogens is 492 g/mol. The van der Waals surface area contributed by atoms with E-state index in [1.807, 2.05) is 72.3 Å². The van der Waals surface area contributed by atoms with Crippen LogP contribution in [-0.4, -0.2) is 37.3 Å². The molecule has 0 saturated heterocycles. The fourth-order valence-electron chi connectivity index (χ4n) is 3.52. The van der Waals surface area contributed by atoms with Crippen LogP contribution in [0.5, 0.6) is 0 Å². The lowest BCUT2D eigenvalue weighted by atomic mass is 10.1. The molecule has 8 nitrogen and oxygen atoms in total. The van der Waals surface area contributed by atoms with Gasteiger partial charge in [0.2, 0.25) is 5.91 Å². The number of nitrogens with zero attached hydrogens (tertiary/aromatic N) is 4. The highest BCUT2D eigenvalue weighted by Gasteiger charge is 2.21. The van der Waals surface area contributed by atoms with Crippen LogP contribution in [0.1, 0.15) is 34.7 Å². The molecule has 0 unspecified atom stereocenters. The van der Waals surface area contributed by atoms with E-state index in [1.54, 1.807) is 12.1 Å². The molecule has 1 atom stereocenters. The summed E-state index contributed by atoms with van der Waals surface area (Å²) in [5.41, 5.74) is 3.41. The maximum absolute atomic E-state index is 12.7. The van der Waals surface area contributed by atoms with Gasteiger partial charge in [0.05, 0.1) is 17.5 Å². The van der Waals surface area contributed by atoms with Gasteiger partial charge in [0.25, 0.3) is 5.91 Å². The Bertz CT molecular complexity index is 1370. The van der Waals surface area contributed by atoms with Crippen LogP contribution in [0, 0.1) is 6.92 Å². The standard InChI is InChI=1S/C26H26N6O2S2/c1-4-13-32-23(18(3)27-24(34)20-12-8-9-17(2)14-20)30-31-26(32)36-16-22(33)29-25-28-21(15-35-25)19-10-6-5-7-11-19/h4-12,14-15,18H,1,13,16H2,2-3H3,(H,27,34)(H,28,29,33)/t18-/m1/s1. The first-order chi connectivity index (χ1) is 17.4. The number of thioether (sulfide) groups is 1. The lowest BCUT2D eigenvalue weighted by molar-refractivity contribution is -0.113. The highest BCUT2D eigenvalue weighted by atomic mass is 32.2. The van der Waals surface area contributed by atoms with E-state index in [0.717, 1.165) is 16.8 Å². The number of benzene rings is 2. The summed E-state index contributed by atoms with van der Waals surface area (Å²) < 4.78 is 1.85. The summed E-state index contributed by atoms with van der Waals surface area (Å²) in [5.74, 6) is 0.349. The monoisotopic (exact) mass is 518 g/mol. The van der Waals surface area contributed by atoms with Crippen molar-refractivity contribution in [2.24, 2.45) is 0 Å². The molecule has 4 rings (SSSR count). The Kier molecular flexibility index (Phi) is 8.29. The van der Waals surface area contributed by atoms with Crippen molar-refractivity contribution in [2.75, 3.05) is 11.1 Å². The first-order valence-corrected chi connectivity index (χ1v) is 13.2. The number of hydrogen-bond acceptors (Lipinski definition) is 7.